The lowest BCUT2D eigenvalue weighted by Crippen LogP contribution is -2.34. The number of phenolic OH excluding ortho intramolecular Hbond substituents is 1. The van der Waals surface area contributed by atoms with E-state index >= 15 is 0 Å². The van der Waals surface area contributed by atoms with Crippen molar-refractivity contribution in [1.29, 1.82) is 0 Å². The minimum Gasteiger partial charge on any atom is -0.508 e. The zero-order valence-corrected chi connectivity index (χ0v) is 13.3. The summed E-state index contributed by atoms with van der Waals surface area (Å²) in [6.07, 6.45) is 3.56. The van der Waals surface area contributed by atoms with Gasteiger partial charge in [0, 0.05) is 6.04 Å². The molecule has 2 nitrogen and oxygen atoms in total. The number of fused-ring (bicyclic) bond motifs is 1. The molecule has 1 aromatic carbocycles. The topological polar surface area (TPSA) is 32.3 Å². The van der Waals surface area contributed by atoms with Crippen molar-refractivity contribution in [1.82, 2.24) is 5.32 Å². The van der Waals surface area contributed by atoms with E-state index in [1.54, 1.807) is 0 Å². The van der Waals surface area contributed by atoms with Gasteiger partial charge in [-0.05, 0) is 66.8 Å². The first-order chi connectivity index (χ1) is 9.49. The average Bonchev–Trinajstić information content (AvgIpc) is 2.38. The SMILES string of the molecule is CC(C)C(CNC1CCCc2ccc(O)cc21)C(C)C. The van der Waals surface area contributed by atoms with Crippen LogP contribution in [0.4, 0.5) is 0 Å². The smallest absolute Gasteiger partial charge is 0.115 e. The molecule has 0 saturated heterocycles. The molecular weight excluding hydrogens is 246 g/mol. The van der Waals surface area contributed by atoms with E-state index in [0.29, 0.717) is 29.5 Å². The summed E-state index contributed by atoms with van der Waals surface area (Å²) in [5, 5.41) is 13.5. The molecule has 1 aliphatic carbocycles. The predicted molar refractivity (Wildman–Crippen MR) is 85.0 cm³/mol. The highest BCUT2D eigenvalue weighted by atomic mass is 16.3. The molecule has 0 spiro atoms. The molecule has 1 unspecified atom stereocenters. The molecule has 112 valence electrons. The van der Waals surface area contributed by atoms with Crippen molar-refractivity contribution >= 4 is 0 Å². The molecule has 2 rings (SSSR count). The number of rotatable bonds is 5. The molecule has 20 heavy (non-hydrogen) atoms. The minimum atomic E-state index is 0.390. The molecule has 0 saturated carbocycles. The van der Waals surface area contributed by atoms with Crippen LogP contribution in [0.1, 0.15) is 57.7 Å². The van der Waals surface area contributed by atoms with Crippen LogP contribution in [0.3, 0.4) is 0 Å². The summed E-state index contributed by atoms with van der Waals surface area (Å²) in [7, 11) is 0. The van der Waals surface area contributed by atoms with Gasteiger partial charge in [0.15, 0.2) is 0 Å². The van der Waals surface area contributed by atoms with Crippen LogP contribution in [0.2, 0.25) is 0 Å². The van der Waals surface area contributed by atoms with Gasteiger partial charge in [0.2, 0.25) is 0 Å². The standard InChI is InChI=1S/C18H29NO/c1-12(2)17(13(3)4)11-19-18-7-5-6-14-8-9-15(20)10-16(14)18/h8-10,12-13,17-20H,5-7,11H2,1-4H3. The van der Waals surface area contributed by atoms with Gasteiger partial charge in [-0.2, -0.15) is 0 Å². The van der Waals surface area contributed by atoms with Crippen molar-refractivity contribution in [2.24, 2.45) is 17.8 Å². The zero-order valence-electron chi connectivity index (χ0n) is 13.3. The summed E-state index contributed by atoms with van der Waals surface area (Å²) in [6, 6.07) is 6.25. The van der Waals surface area contributed by atoms with E-state index in [9.17, 15) is 5.11 Å². The average molecular weight is 275 g/mol. The van der Waals surface area contributed by atoms with Gasteiger partial charge in [-0.3, -0.25) is 0 Å². The van der Waals surface area contributed by atoms with Gasteiger partial charge < -0.3 is 10.4 Å². The highest BCUT2D eigenvalue weighted by molar-refractivity contribution is 5.38. The van der Waals surface area contributed by atoms with Gasteiger partial charge in [-0.1, -0.05) is 33.8 Å². The highest BCUT2D eigenvalue weighted by Gasteiger charge is 2.23. The molecule has 0 fully saturated rings. The molecule has 2 heteroatoms. The Hall–Kier alpha value is -1.02. The Morgan fingerprint density at radius 3 is 2.55 bits per heavy atom. The Morgan fingerprint density at radius 1 is 1.20 bits per heavy atom. The monoisotopic (exact) mass is 275 g/mol. The van der Waals surface area contributed by atoms with E-state index in [1.807, 2.05) is 12.1 Å². The third-order valence-corrected chi connectivity index (χ3v) is 4.76. The van der Waals surface area contributed by atoms with Crippen molar-refractivity contribution in [2.75, 3.05) is 6.54 Å². The van der Waals surface area contributed by atoms with Crippen LogP contribution in [0, 0.1) is 17.8 Å². The van der Waals surface area contributed by atoms with Gasteiger partial charge in [0.1, 0.15) is 5.75 Å². The summed E-state index contributed by atoms with van der Waals surface area (Å²) in [6.45, 7) is 10.3. The Bertz CT molecular complexity index is 431. The fraction of sp³-hybridized carbons (Fsp3) is 0.667. The maximum Gasteiger partial charge on any atom is 0.115 e. The van der Waals surface area contributed by atoms with Crippen LogP contribution in [0.15, 0.2) is 18.2 Å². The second-order valence-electron chi connectivity index (χ2n) is 6.89. The number of aryl methyl sites for hydroxylation is 1. The van der Waals surface area contributed by atoms with Gasteiger partial charge >= 0.3 is 0 Å². The molecular formula is C18H29NO. The van der Waals surface area contributed by atoms with Crippen LogP contribution in [-0.2, 0) is 6.42 Å². The Morgan fingerprint density at radius 2 is 1.90 bits per heavy atom. The molecule has 2 N–H and O–H groups in total. The normalized spacial score (nSPS) is 18.9. The molecule has 0 amide bonds. The van der Waals surface area contributed by atoms with E-state index in [0.717, 1.165) is 13.0 Å². The van der Waals surface area contributed by atoms with Crippen molar-refractivity contribution in [3.63, 3.8) is 0 Å². The third-order valence-electron chi connectivity index (χ3n) is 4.76. The molecule has 0 aromatic heterocycles. The Balaban J connectivity index is 2.06. The number of nitrogens with one attached hydrogen (secondary N) is 1. The maximum absolute atomic E-state index is 9.73. The fourth-order valence-electron chi connectivity index (χ4n) is 3.52. The van der Waals surface area contributed by atoms with Crippen molar-refractivity contribution in [3.8, 4) is 5.75 Å². The maximum atomic E-state index is 9.73. The summed E-state index contributed by atoms with van der Waals surface area (Å²) in [5.74, 6) is 2.50. The van der Waals surface area contributed by atoms with Crippen LogP contribution in [0.5, 0.6) is 5.75 Å². The zero-order chi connectivity index (χ0) is 14.7. The van der Waals surface area contributed by atoms with Crippen molar-refractivity contribution in [3.05, 3.63) is 29.3 Å². The van der Waals surface area contributed by atoms with E-state index in [1.165, 1.54) is 24.0 Å². The van der Waals surface area contributed by atoms with Crippen LogP contribution >= 0.6 is 0 Å². The molecule has 1 atom stereocenters. The van der Waals surface area contributed by atoms with Crippen LogP contribution in [-0.4, -0.2) is 11.7 Å². The predicted octanol–water partition coefficient (Wildman–Crippen LogP) is 4.29. The van der Waals surface area contributed by atoms with Gasteiger partial charge in [0.05, 0.1) is 0 Å². The first-order valence-corrected chi connectivity index (χ1v) is 8.04. The van der Waals surface area contributed by atoms with Gasteiger partial charge in [-0.25, -0.2) is 0 Å². The molecule has 0 heterocycles. The van der Waals surface area contributed by atoms with E-state index in [4.69, 9.17) is 0 Å². The first-order valence-electron chi connectivity index (χ1n) is 8.04. The molecule has 0 aliphatic heterocycles. The number of hydrogen-bond donors (Lipinski definition) is 2. The number of hydrogen-bond acceptors (Lipinski definition) is 2. The number of phenols is 1. The largest absolute Gasteiger partial charge is 0.508 e. The van der Waals surface area contributed by atoms with E-state index < -0.39 is 0 Å². The second-order valence-corrected chi connectivity index (χ2v) is 6.89. The lowest BCUT2D eigenvalue weighted by molar-refractivity contribution is 0.260. The highest BCUT2D eigenvalue weighted by Crippen LogP contribution is 2.32. The van der Waals surface area contributed by atoms with Crippen molar-refractivity contribution < 1.29 is 5.11 Å². The third kappa shape index (κ3) is 3.54. The van der Waals surface area contributed by atoms with Gasteiger partial charge in [0.25, 0.3) is 0 Å². The summed E-state index contributed by atoms with van der Waals surface area (Å²) in [5.41, 5.74) is 2.71. The van der Waals surface area contributed by atoms with E-state index in [-0.39, 0.29) is 0 Å². The molecule has 1 aliphatic rings. The van der Waals surface area contributed by atoms with Gasteiger partial charge in [-0.15, -0.1) is 0 Å². The van der Waals surface area contributed by atoms with E-state index in [2.05, 4.69) is 39.1 Å². The lowest BCUT2D eigenvalue weighted by atomic mass is 9.83. The number of aromatic hydroxyl groups is 1. The summed E-state index contributed by atoms with van der Waals surface area (Å²) in [4.78, 5) is 0. The summed E-state index contributed by atoms with van der Waals surface area (Å²) >= 11 is 0. The quantitative estimate of drug-likeness (QED) is 0.840. The lowest BCUT2D eigenvalue weighted by Gasteiger charge is -2.31. The fourth-order valence-corrected chi connectivity index (χ4v) is 3.52. The molecule has 0 radical (unpaired) electrons. The summed E-state index contributed by atoms with van der Waals surface area (Å²) < 4.78 is 0. The Kier molecular flexibility index (Phi) is 5.09. The number of benzene rings is 1. The Labute approximate surface area is 123 Å². The molecule has 0 bridgehead atoms. The van der Waals surface area contributed by atoms with Crippen molar-refractivity contribution in [2.45, 2.75) is 53.0 Å². The first kappa shape index (κ1) is 15.4. The minimum absolute atomic E-state index is 0.390. The molecule has 1 aromatic rings. The van der Waals surface area contributed by atoms with Crippen LogP contribution in [0.25, 0.3) is 0 Å². The second kappa shape index (κ2) is 6.62. The van der Waals surface area contributed by atoms with Crippen LogP contribution < -0.4 is 5.32 Å².